The lowest BCUT2D eigenvalue weighted by Gasteiger charge is -2.23. The number of hydrogen-bond acceptors (Lipinski definition) is 3. The molecule has 76 valence electrons. The lowest BCUT2D eigenvalue weighted by Crippen LogP contribution is -2.32. The van der Waals surface area contributed by atoms with Crippen molar-refractivity contribution >= 4 is 5.97 Å². The van der Waals surface area contributed by atoms with E-state index in [4.69, 9.17) is 0 Å². The van der Waals surface area contributed by atoms with Crippen molar-refractivity contribution in [1.82, 2.24) is 14.8 Å². The van der Waals surface area contributed by atoms with Crippen LogP contribution in [0.3, 0.4) is 0 Å². The molecule has 0 radical (unpaired) electrons. The highest BCUT2D eigenvalue weighted by Crippen LogP contribution is 2.39. The van der Waals surface area contributed by atoms with Crippen LogP contribution in [0, 0.1) is 5.41 Å². The molecule has 1 fully saturated rings. The van der Waals surface area contributed by atoms with Crippen molar-refractivity contribution in [1.29, 1.82) is 0 Å². The Bertz CT molecular complexity index is 315. The van der Waals surface area contributed by atoms with Gasteiger partial charge in [-0.3, -0.25) is 4.79 Å². The van der Waals surface area contributed by atoms with Crippen LogP contribution in [-0.2, 0) is 11.3 Å². The first-order valence-electron chi connectivity index (χ1n) is 4.79. The summed E-state index contributed by atoms with van der Waals surface area (Å²) in [5.74, 6) is -0.691. The van der Waals surface area contributed by atoms with Crippen molar-refractivity contribution in [2.45, 2.75) is 32.2 Å². The molecule has 0 saturated heterocycles. The van der Waals surface area contributed by atoms with Gasteiger partial charge in [0.15, 0.2) is 0 Å². The maximum atomic E-state index is 11.2. The molecular weight excluding hydrogens is 182 g/mol. The van der Waals surface area contributed by atoms with Crippen molar-refractivity contribution in [3.8, 4) is 0 Å². The Morgan fingerprint density at radius 2 is 1.93 bits per heavy atom. The topological polar surface area (TPSA) is 68.0 Å². The Morgan fingerprint density at radius 1 is 1.36 bits per heavy atom. The molecule has 1 aromatic rings. The fraction of sp³-hybridized carbons (Fsp3) is 0.667. The van der Waals surface area contributed by atoms with Crippen LogP contribution in [-0.4, -0.2) is 25.8 Å². The number of hydrogen-bond donors (Lipinski definition) is 1. The van der Waals surface area contributed by atoms with Crippen molar-refractivity contribution in [2.75, 3.05) is 0 Å². The van der Waals surface area contributed by atoms with Gasteiger partial charge in [0.2, 0.25) is 0 Å². The summed E-state index contributed by atoms with van der Waals surface area (Å²) in [7, 11) is 0. The van der Waals surface area contributed by atoms with Gasteiger partial charge >= 0.3 is 5.97 Å². The van der Waals surface area contributed by atoms with Gasteiger partial charge < -0.3 is 9.67 Å². The predicted octanol–water partition coefficient (Wildman–Crippen LogP) is 0.923. The Labute approximate surface area is 81.8 Å². The van der Waals surface area contributed by atoms with Crippen LogP contribution < -0.4 is 0 Å². The third-order valence-electron chi connectivity index (χ3n) is 2.97. The molecule has 1 N–H and O–H groups in total. The fourth-order valence-corrected chi connectivity index (χ4v) is 2.14. The zero-order valence-electron chi connectivity index (χ0n) is 7.89. The fourth-order valence-electron chi connectivity index (χ4n) is 2.14. The molecule has 2 rings (SSSR count). The minimum atomic E-state index is -0.691. The van der Waals surface area contributed by atoms with Crippen LogP contribution in [0.4, 0.5) is 0 Å². The Hall–Kier alpha value is -1.39. The first kappa shape index (κ1) is 9.18. The maximum absolute atomic E-state index is 11.2. The molecule has 1 heterocycles. The molecule has 0 bridgehead atoms. The third-order valence-corrected chi connectivity index (χ3v) is 2.97. The molecule has 0 aromatic carbocycles. The van der Waals surface area contributed by atoms with E-state index in [1.807, 2.05) is 0 Å². The molecule has 0 atom stereocenters. The van der Waals surface area contributed by atoms with E-state index in [1.165, 1.54) is 0 Å². The monoisotopic (exact) mass is 195 g/mol. The molecule has 5 nitrogen and oxygen atoms in total. The van der Waals surface area contributed by atoms with Crippen LogP contribution in [0.5, 0.6) is 0 Å². The van der Waals surface area contributed by atoms with Crippen LogP contribution in [0.1, 0.15) is 25.7 Å². The third kappa shape index (κ3) is 1.49. The van der Waals surface area contributed by atoms with Gasteiger partial charge in [-0.05, 0) is 12.8 Å². The zero-order valence-corrected chi connectivity index (χ0v) is 7.89. The molecule has 5 heteroatoms. The number of carbonyl (C=O) groups is 1. The molecular formula is C9H13N3O2. The SMILES string of the molecule is O=C(O)C1(Cn2cnnc2)CCCC1. The van der Waals surface area contributed by atoms with Gasteiger partial charge in [-0.15, -0.1) is 10.2 Å². The smallest absolute Gasteiger partial charge is 0.311 e. The molecule has 1 aromatic heterocycles. The maximum Gasteiger partial charge on any atom is 0.311 e. The second kappa shape index (κ2) is 3.40. The van der Waals surface area contributed by atoms with E-state index >= 15 is 0 Å². The van der Waals surface area contributed by atoms with Crippen molar-refractivity contribution in [3.63, 3.8) is 0 Å². The number of carboxylic acids is 1. The quantitative estimate of drug-likeness (QED) is 0.778. The summed E-state index contributed by atoms with van der Waals surface area (Å²) in [4.78, 5) is 11.2. The van der Waals surface area contributed by atoms with E-state index in [0.717, 1.165) is 25.7 Å². The minimum Gasteiger partial charge on any atom is -0.481 e. The van der Waals surface area contributed by atoms with Crippen LogP contribution in [0.2, 0.25) is 0 Å². The molecule has 0 amide bonds. The molecule has 14 heavy (non-hydrogen) atoms. The lowest BCUT2D eigenvalue weighted by molar-refractivity contribution is -0.149. The molecule has 0 unspecified atom stereocenters. The van der Waals surface area contributed by atoms with Gasteiger partial charge in [-0.1, -0.05) is 12.8 Å². The predicted molar refractivity (Wildman–Crippen MR) is 48.6 cm³/mol. The molecule has 1 aliphatic carbocycles. The van der Waals surface area contributed by atoms with E-state index < -0.39 is 11.4 Å². The van der Waals surface area contributed by atoms with Crippen LogP contribution in [0.25, 0.3) is 0 Å². The summed E-state index contributed by atoms with van der Waals surface area (Å²) in [5.41, 5.74) is -0.581. The number of aromatic nitrogens is 3. The number of nitrogens with zero attached hydrogens (tertiary/aromatic N) is 3. The number of rotatable bonds is 3. The summed E-state index contributed by atoms with van der Waals surface area (Å²) >= 11 is 0. The number of aliphatic carboxylic acids is 1. The standard InChI is InChI=1S/C9H13N3O2/c13-8(14)9(3-1-2-4-9)5-12-6-10-11-7-12/h6-7H,1-5H2,(H,13,14). The second-order valence-corrected chi connectivity index (χ2v) is 3.93. The molecule has 0 aliphatic heterocycles. The highest BCUT2D eigenvalue weighted by molar-refractivity contribution is 5.74. The normalized spacial score (nSPS) is 19.7. The first-order chi connectivity index (χ1) is 6.73. The Morgan fingerprint density at radius 3 is 2.43 bits per heavy atom. The second-order valence-electron chi connectivity index (χ2n) is 3.93. The highest BCUT2D eigenvalue weighted by Gasteiger charge is 2.41. The Kier molecular flexibility index (Phi) is 2.23. The van der Waals surface area contributed by atoms with E-state index in [9.17, 15) is 9.90 Å². The van der Waals surface area contributed by atoms with Crippen LogP contribution >= 0.6 is 0 Å². The summed E-state index contributed by atoms with van der Waals surface area (Å²) < 4.78 is 1.75. The first-order valence-corrected chi connectivity index (χ1v) is 4.79. The van der Waals surface area contributed by atoms with E-state index in [-0.39, 0.29) is 0 Å². The molecule has 1 aliphatic rings. The van der Waals surface area contributed by atoms with E-state index in [0.29, 0.717) is 6.54 Å². The van der Waals surface area contributed by atoms with Gasteiger partial charge in [0, 0.05) is 6.54 Å². The van der Waals surface area contributed by atoms with Crippen molar-refractivity contribution < 1.29 is 9.90 Å². The van der Waals surface area contributed by atoms with Crippen molar-refractivity contribution in [3.05, 3.63) is 12.7 Å². The van der Waals surface area contributed by atoms with Gasteiger partial charge in [-0.2, -0.15) is 0 Å². The van der Waals surface area contributed by atoms with Crippen LogP contribution in [0.15, 0.2) is 12.7 Å². The molecule has 0 spiro atoms. The minimum absolute atomic E-state index is 0.495. The highest BCUT2D eigenvalue weighted by atomic mass is 16.4. The number of carboxylic acid groups (broad SMARTS) is 1. The summed E-state index contributed by atoms with van der Waals surface area (Å²) in [6, 6.07) is 0. The summed E-state index contributed by atoms with van der Waals surface area (Å²) in [6.07, 6.45) is 6.69. The molecule has 1 saturated carbocycles. The zero-order chi connectivity index (χ0) is 10.0. The van der Waals surface area contributed by atoms with Crippen molar-refractivity contribution in [2.24, 2.45) is 5.41 Å². The van der Waals surface area contributed by atoms with Gasteiger partial charge in [0.1, 0.15) is 12.7 Å². The Balaban J connectivity index is 2.16. The van der Waals surface area contributed by atoms with E-state index in [2.05, 4.69) is 10.2 Å². The average molecular weight is 195 g/mol. The van der Waals surface area contributed by atoms with Gasteiger partial charge in [0.25, 0.3) is 0 Å². The van der Waals surface area contributed by atoms with Gasteiger partial charge in [0.05, 0.1) is 5.41 Å². The lowest BCUT2D eigenvalue weighted by atomic mass is 9.86. The van der Waals surface area contributed by atoms with E-state index in [1.54, 1.807) is 17.2 Å². The largest absolute Gasteiger partial charge is 0.481 e. The average Bonchev–Trinajstić information content (AvgIpc) is 2.76. The summed E-state index contributed by atoms with van der Waals surface area (Å²) in [5, 5.41) is 16.6. The van der Waals surface area contributed by atoms with Gasteiger partial charge in [-0.25, -0.2) is 0 Å². The summed E-state index contributed by atoms with van der Waals surface area (Å²) in [6.45, 7) is 0.495.